The van der Waals surface area contributed by atoms with Crippen LogP contribution >= 0.6 is 11.3 Å². The molecule has 0 saturated carbocycles. The van der Waals surface area contributed by atoms with E-state index in [1.807, 2.05) is 35.7 Å². The van der Waals surface area contributed by atoms with E-state index in [1.165, 1.54) is 16.9 Å². The van der Waals surface area contributed by atoms with E-state index in [9.17, 15) is 14.7 Å². The van der Waals surface area contributed by atoms with Gasteiger partial charge in [0.15, 0.2) is 5.78 Å². The van der Waals surface area contributed by atoms with Crippen molar-refractivity contribution in [2.45, 2.75) is 25.3 Å². The second-order valence-corrected chi connectivity index (χ2v) is 6.58. The number of aliphatic hydroxyl groups is 1. The Balaban J connectivity index is 1.66. The van der Waals surface area contributed by atoms with E-state index in [0.717, 1.165) is 12.0 Å². The monoisotopic (exact) mass is 329 g/mol. The summed E-state index contributed by atoms with van der Waals surface area (Å²) in [7, 11) is 0. The van der Waals surface area contributed by atoms with E-state index in [1.54, 1.807) is 11.0 Å². The maximum absolute atomic E-state index is 12.5. The zero-order chi connectivity index (χ0) is 16.2. The Morgan fingerprint density at radius 1 is 1.17 bits per heavy atom. The fraction of sp³-hybridized carbons (Fsp3) is 0.333. The third-order valence-electron chi connectivity index (χ3n) is 4.27. The number of hydrogen-bond acceptors (Lipinski definition) is 4. The van der Waals surface area contributed by atoms with E-state index < -0.39 is 0 Å². The number of fused-ring (bicyclic) bond motifs is 1. The highest BCUT2D eigenvalue weighted by molar-refractivity contribution is 7.12. The van der Waals surface area contributed by atoms with Crippen molar-refractivity contribution in [2.75, 3.05) is 13.2 Å². The Labute approximate surface area is 139 Å². The van der Waals surface area contributed by atoms with Gasteiger partial charge in [-0.1, -0.05) is 30.3 Å². The highest BCUT2D eigenvalue weighted by atomic mass is 32.1. The van der Waals surface area contributed by atoms with Gasteiger partial charge in [0.25, 0.3) is 0 Å². The number of carbonyl (C=O) groups is 2. The van der Waals surface area contributed by atoms with Crippen LogP contribution in [0.5, 0.6) is 0 Å². The number of carbonyl (C=O) groups excluding carboxylic acids is 2. The lowest BCUT2D eigenvalue weighted by molar-refractivity contribution is -0.135. The van der Waals surface area contributed by atoms with Gasteiger partial charge in [0.1, 0.15) is 0 Å². The van der Waals surface area contributed by atoms with E-state index in [2.05, 4.69) is 0 Å². The van der Waals surface area contributed by atoms with Gasteiger partial charge < -0.3 is 10.0 Å². The number of thiophene rings is 1. The average Bonchev–Trinajstić information content (AvgIpc) is 3.13. The largest absolute Gasteiger partial charge is 0.394 e. The zero-order valence-corrected chi connectivity index (χ0v) is 13.6. The smallest absolute Gasteiger partial charge is 0.223 e. The number of nitrogens with zero attached hydrogens (tertiary/aromatic N) is 1. The van der Waals surface area contributed by atoms with Crippen molar-refractivity contribution in [1.29, 1.82) is 0 Å². The van der Waals surface area contributed by atoms with Gasteiger partial charge in [0, 0.05) is 19.4 Å². The Kier molecular flexibility index (Phi) is 4.88. The third-order valence-corrected chi connectivity index (χ3v) is 5.18. The fourth-order valence-electron chi connectivity index (χ4n) is 3.07. The minimum absolute atomic E-state index is 0.00584. The molecule has 5 heteroatoms. The van der Waals surface area contributed by atoms with E-state index >= 15 is 0 Å². The van der Waals surface area contributed by atoms with Crippen molar-refractivity contribution in [3.63, 3.8) is 0 Å². The summed E-state index contributed by atoms with van der Waals surface area (Å²) < 4.78 is 0. The van der Waals surface area contributed by atoms with Gasteiger partial charge in [-0.3, -0.25) is 9.59 Å². The maximum atomic E-state index is 12.5. The molecular weight excluding hydrogens is 310 g/mol. The minimum Gasteiger partial charge on any atom is -0.394 e. The van der Waals surface area contributed by atoms with Gasteiger partial charge >= 0.3 is 0 Å². The van der Waals surface area contributed by atoms with Crippen molar-refractivity contribution in [1.82, 2.24) is 4.90 Å². The van der Waals surface area contributed by atoms with Gasteiger partial charge in [-0.15, -0.1) is 11.3 Å². The predicted molar refractivity (Wildman–Crippen MR) is 89.6 cm³/mol. The molecule has 0 radical (unpaired) electrons. The van der Waals surface area contributed by atoms with Gasteiger partial charge in [0.2, 0.25) is 5.91 Å². The Morgan fingerprint density at radius 2 is 2.00 bits per heavy atom. The van der Waals surface area contributed by atoms with Crippen molar-refractivity contribution >= 4 is 23.0 Å². The fourth-order valence-corrected chi connectivity index (χ4v) is 3.77. The third kappa shape index (κ3) is 3.35. The van der Waals surface area contributed by atoms with Gasteiger partial charge in [-0.05, 0) is 29.0 Å². The standard InChI is InChI=1S/C18H19NO3S/c20-12-15-14-5-2-1-4-13(14)9-10-19(15)18(22)8-7-16(21)17-6-3-11-23-17/h1-6,11,15,20H,7-10,12H2/t15-/m0/s1. The van der Waals surface area contributed by atoms with Crippen LogP contribution in [0.2, 0.25) is 0 Å². The van der Waals surface area contributed by atoms with Crippen LogP contribution in [-0.2, 0) is 11.2 Å². The summed E-state index contributed by atoms with van der Waals surface area (Å²) >= 11 is 1.40. The lowest BCUT2D eigenvalue weighted by Gasteiger charge is -2.36. The van der Waals surface area contributed by atoms with E-state index in [4.69, 9.17) is 0 Å². The second-order valence-electron chi connectivity index (χ2n) is 5.63. The molecule has 3 rings (SSSR count). The minimum atomic E-state index is -0.302. The molecule has 0 aliphatic carbocycles. The summed E-state index contributed by atoms with van der Waals surface area (Å²) in [6.45, 7) is 0.496. The predicted octanol–water partition coefficient (Wildman–Crippen LogP) is 2.83. The molecule has 0 fully saturated rings. The first-order valence-corrected chi connectivity index (χ1v) is 8.63. The number of hydrogen-bond donors (Lipinski definition) is 1. The van der Waals surface area contributed by atoms with Crippen LogP contribution < -0.4 is 0 Å². The molecule has 1 aromatic carbocycles. The first-order valence-electron chi connectivity index (χ1n) is 7.75. The molecule has 23 heavy (non-hydrogen) atoms. The van der Waals surface area contributed by atoms with Crippen LogP contribution in [0, 0.1) is 0 Å². The average molecular weight is 329 g/mol. The van der Waals surface area contributed by atoms with Crippen LogP contribution in [0.1, 0.15) is 39.7 Å². The number of aliphatic hydroxyl groups excluding tert-OH is 1. The summed E-state index contributed by atoms with van der Waals surface area (Å²) in [5, 5.41) is 11.6. The lowest BCUT2D eigenvalue weighted by atomic mass is 9.92. The molecule has 0 saturated heterocycles. The second kappa shape index (κ2) is 7.06. The van der Waals surface area contributed by atoms with Crippen molar-refractivity contribution < 1.29 is 14.7 Å². The van der Waals surface area contributed by atoms with Crippen molar-refractivity contribution in [3.05, 3.63) is 57.8 Å². The summed E-state index contributed by atoms with van der Waals surface area (Å²) in [4.78, 5) is 27.0. The normalized spacial score (nSPS) is 16.9. The molecule has 1 amide bonds. The highest BCUT2D eigenvalue weighted by Crippen LogP contribution is 2.30. The molecule has 1 aliphatic rings. The molecule has 1 N–H and O–H groups in total. The van der Waals surface area contributed by atoms with Crippen LogP contribution in [0.25, 0.3) is 0 Å². The molecule has 120 valence electrons. The number of amides is 1. The summed E-state index contributed by atoms with van der Waals surface area (Å²) in [5.41, 5.74) is 2.20. The van der Waals surface area contributed by atoms with Crippen molar-refractivity contribution in [3.8, 4) is 0 Å². The number of benzene rings is 1. The number of ketones is 1. The molecule has 0 unspecified atom stereocenters. The summed E-state index contributed by atoms with van der Waals surface area (Å²) in [6.07, 6.45) is 1.20. The lowest BCUT2D eigenvalue weighted by Crippen LogP contribution is -2.41. The molecular formula is C18H19NO3S. The highest BCUT2D eigenvalue weighted by Gasteiger charge is 2.30. The number of rotatable bonds is 5. The topological polar surface area (TPSA) is 57.6 Å². The Morgan fingerprint density at radius 3 is 2.74 bits per heavy atom. The van der Waals surface area contributed by atoms with Crippen LogP contribution in [0.4, 0.5) is 0 Å². The van der Waals surface area contributed by atoms with E-state index in [-0.39, 0.29) is 37.2 Å². The molecule has 1 atom stereocenters. The quantitative estimate of drug-likeness (QED) is 0.858. The Hall–Kier alpha value is -1.98. The number of Topliss-reactive ketones (excluding diaryl/α,β-unsaturated/α-hetero) is 1. The molecule has 0 spiro atoms. The van der Waals surface area contributed by atoms with Crippen LogP contribution in [-0.4, -0.2) is 34.8 Å². The SMILES string of the molecule is O=C(CCC(=O)N1CCc2ccccc2[C@@H]1CO)c1cccs1. The maximum Gasteiger partial charge on any atom is 0.223 e. The molecule has 1 aliphatic heterocycles. The Bertz CT molecular complexity index is 696. The zero-order valence-electron chi connectivity index (χ0n) is 12.8. The van der Waals surface area contributed by atoms with E-state index in [0.29, 0.717) is 11.4 Å². The van der Waals surface area contributed by atoms with Crippen molar-refractivity contribution in [2.24, 2.45) is 0 Å². The first-order chi connectivity index (χ1) is 11.2. The van der Waals surface area contributed by atoms with Crippen LogP contribution in [0.15, 0.2) is 41.8 Å². The molecule has 0 bridgehead atoms. The van der Waals surface area contributed by atoms with Crippen LogP contribution in [0.3, 0.4) is 0 Å². The molecule has 2 aromatic rings. The van der Waals surface area contributed by atoms with Gasteiger partial charge in [0.05, 0.1) is 17.5 Å². The molecule has 4 nitrogen and oxygen atoms in total. The van der Waals surface area contributed by atoms with Gasteiger partial charge in [-0.25, -0.2) is 0 Å². The van der Waals surface area contributed by atoms with Gasteiger partial charge in [-0.2, -0.15) is 0 Å². The summed E-state index contributed by atoms with van der Waals surface area (Å²) in [6, 6.07) is 11.2. The first kappa shape index (κ1) is 15.9. The molecule has 2 heterocycles. The molecule has 1 aromatic heterocycles. The summed E-state index contributed by atoms with van der Waals surface area (Å²) in [5.74, 6) is -0.0604.